The molecule has 0 bridgehead atoms. The van der Waals surface area contributed by atoms with Crippen molar-refractivity contribution >= 4 is 34.2 Å². The minimum absolute atomic E-state index is 0.00223. The number of nitrogens with one attached hydrogen (secondary N) is 1. The summed E-state index contributed by atoms with van der Waals surface area (Å²) < 4.78 is 0. The Labute approximate surface area is 127 Å². The van der Waals surface area contributed by atoms with Crippen LogP contribution in [0.2, 0.25) is 0 Å². The van der Waals surface area contributed by atoms with E-state index in [-0.39, 0.29) is 11.2 Å². The van der Waals surface area contributed by atoms with Gasteiger partial charge in [0.25, 0.3) is 0 Å². The molecule has 3 N–H and O–H groups in total. The molecular formula is C16H15N3OS. The number of primary amides is 1. The predicted octanol–water partition coefficient (Wildman–Crippen LogP) is 3.45. The van der Waals surface area contributed by atoms with Crippen LogP contribution in [0.25, 0.3) is 0 Å². The summed E-state index contributed by atoms with van der Waals surface area (Å²) in [4.78, 5) is 15.9. The molecule has 1 aliphatic heterocycles. The number of amides is 1. The number of benzene rings is 2. The molecule has 4 nitrogen and oxygen atoms in total. The van der Waals surface area contributed by atoms with Crippen LogP contribution in [0.1, 0.15) is 17.2 Å². The van der Waals surface area contributed by atoms with Crippen LogP contribution in [0.15, 0.2) is 59.6 Å². The largest absolute Gasteiger partial charge is 0.370 e. The van der Waals surface area contributed by atoms with Crippen molar-refractivity contribution in [2.45, 2.75) is 11.7 Å². The van der Waals surface area contributed by atoms with Gasteiger partial charge in [-0.05, 0) is 23.8 Å². The summed E-state index contributed by atoms with van der Waals surface area (Å²) in [6.45, 7) is 0. The van der Waals surface area contributed by atoms with Crippen molar-refractivity contribution in [3.8, 4) is 0 Å². The lowest BCUT2D eigenvalue weighted by molar-refractivity contribution is -0.118. The zero-order valence-electron chi connectivity index (χ0n) is 11.3. The number of rotatable bonds is 3. The van der Waals surface area contributed by atoms with Crippen molar-refractivity contribution in [1.29, 1.82) is 0 Å². The van der Waals surface area contributed by atoms with E-state index in [2.05, 4.69) is 10.3 Å². The highest BCUT2D eigenvalue weighted by molar-refractivity contribution is 8.14. The second-order valence-corrected chi connectivity index (χ2v) is 5.94. The number of anilines is 1. The number of para-hydroxylation sites is 2. The third-order valence-electron chi connectivity index (χ3n) is 3.17. The Morgan fingerprint density at radius 2 is 1.86 bits per heavy atom. The highest BCUT2D eigenvalue weighted by atomic mass is 32.2. The summed E-state index contributed by atoms with van der Waals surface area (Å²) in [5.74, 6) is -0.303. The molecule has 106 valence electrons. The van der Waals surface area contributed by atoms with Gasteiger partial charge in [0.2, 0.25) is 5.91 Å². The Kier molecular flexibility index (Phi) is 3.92. The number of hydrogen-bond donors (Lipinski definition) is 2. The molecule has 0 spiro atoms. The van der Waals surface area contributed by atoms with Crippen LogP contribution in [-0.4, -0.2) is 11.1 Å². The van der Waals surface area contributed by atoms with E-state index in [1.54, 1.807) is 0 Å². The molecule has 2 aromatic carbocycles. The maximum atomic E-state index is 11.3. The molecule has 5 heteroatoms. The number of thioether (sulfide) groups is 1. The maximum absolute atomic E-state index is 11.3. The van der Waals surface area contributed by atoms with Crippen molar-refractivity contribution < 1.29 is 4.79 Å². The van der Waals surface area contributed by atoms with Crippen LogP contribution >= 0.6 is 11.8 Å². The van der Waals surface area contributed by atoms with E-state index >= 15 is 0 Å². The van der Waals surface area contributed by atoms with Gasteiger partial charge in [0.1, 0.15) is 0 Å². The van der Waals surface area contributed by atoms with Crippen LogP contribution in [0.4, 0.5) is 11.4 Å². The molecule has 0 aromatic heterocycles. The summed E-state index contributed by atoms with van der Waals surface area (Å²) in [6, 6.07) is 17.7. The Morgan fingerprint density at radius 1 is 1.14 bits per heavy atom. The van der Waals surface area contributed by atoms with Gasteiger partial charge in [-0.1, -0.05) is 48.2 Å². The fourth-order valence-electron chi connectivity index (χ4n) is 2.23. The number of fused-ring (bicyclic) bond motifs is 1. The molecule has 0 radical (unpaired) electrons. The molecule has 2 aromatic rings. The van der Waals surface area contributed by atoms with Crippen molar-refractivity contribution in [3.63, 3.8) is 0 Å². The molecule has 3 rings (SSSR count). The van der Waals surface area contributed by atoms with Crippen LogP contribution in [-0.2, 0) is 4.79 Å². The van der Waals surface area contributed by atoms with Gasteiger partial charge in [-0.25, -0.2) is 4.99 Å². The third-order valence-corrected chi connectivity index (χ3v) is 4.29. The molecule has 1 amide bonds. The number of nitrogens with two attached hydrogens (primary N) is 1. The Balaban J connectivity index is 1.89. The quantitative estimate of drug-likeness (QED) is 0.911. The lowest BCUT2D eigenvalue weighted by atomic mass is 10.1. The number of hydrogen-bond acceptors (Lipinski definition) is 4. The van der Waals surface area contributed by atoms with E-state index in [1.165, 1.54) is 11.8 Å². The van der Waals surface area contributed by atoms with Gasteiger partial charge in [-0.3, -0.25) is 4.79 Å². The number of amidine groups is 1. The average molecular weight is 297 g/mol. The van der Waals surface area contributed by atoms with Crippen molar-refractivity contribution in [1.82, 2.24) is 0 Å². The van der Waals surface area contributed by atoms with E-state index in [9.17, 15) is 4.79 Å². The van der Waals surface area contributed by atoms with Gasteiger partial charge in [0.15, 0.2) is 5.17 Å². The minimum Gasteiger partial charge on any atom is -0.370 e. The number of carbonyl (C=O) groups excluding carboxylic acids is 1. The second kappa shape index (κ2) is 6.01. The zero-order chi connectivity index (χ0) is 14.7. The van der Waals surface area contributed by atoms with E-state index in [4.69, 9.17) is 5.73 Å². The zero-order valence-corrected chi connectivity index (χ0v) is 12.1. The highest BCUT2D eigenvalue weighted by Crippen LogP contribution is 2.42. The first-order chi connectivity index (χ1) is 10.2. The van der Waals surface area contributed by atoms with Crippen LogP contribution < -0.4 is 11.1 Å². The maximum Gasteiger partial charge on any atom is 0.218 e. The first kappa shape index (κ1) is 13.7. The normalized spacial score (nSPS) is 16.8. The molecule has 1 unspecified atom stereocenters. The van der Waals surface area contributed by atoms with Crippen LogP contribution in [0.3, 0.4) is 0 Å². The summed E-state index contributed by atoms with van der Waals surface area (Å²) in [6.07, 6.45) is 0.303. The minimum atomic E-state index is -0.303. The molecular weight excluding hydrogens is 282 g/mol. The fraction of sp³-hybridized carbons (Fsp3) is 0.125. The molecule has 1 atom stereocenters. The van der Waals surface area contributed by atoms with Gasteiger partial charge in [-0.15, -0.1) is 0 Å². The van der Waals surface area contributed by atoms with E-state index in [1.807, 2.05) is 54.6 Å². The van der Waals surface area contributed by atoms with E-state index in [0.717, 1.165) is 22.1 Å². The average Bonchev–Trinajstić information content (AvgIpc) is 2.48. The first-order valence-electron chi connectivity index (χ1n) is 6.67. The smallest absolute Gasteiger partial charge is 0.218 e. The molecule has 0 saturated carbocycles. The molecule has 0 saturated heterocycles. The van der Waals surface area contributed by atoms with Gasteiger partial charge in [-0.2, -0.15) is 0 Å². The van der Waals surface area contributed by atoms with Crippen LogP contribution in [0.5, 0.6) is 0 Å². The highest BCUT2D eigenvalue weighted by Gasteiger charge is 2.24. The Hall–Kier alpha value is -2.27. The summed E-state index contributed by atoms with van der Waals surface area (Å²) in [5, 5.41) is 4.07. The van der Waals surface area contributed by atoms with Gasteiger partial charge >= 0.3 is 0 Å². The molecule has 0 aliphatic carbocycles. The lowest BCUT2D eigenvalue weighted by Crippen LogP contribution is -2.19. The van der Waals surface area contributed by atoms with Crippen molar-refractivity contribution in [3.05, 3.63) is 60.2 Å². The van der Waals surface area contributed by atoms with Gasteiger partial charge in [0.05, 0.1) is 5.69 Å². The molecule has 0 fully saturated rings. The van der Waals surface area contributed by atoms with Gasteiger partial charge in [0, 0.05) is 17.4 Å². The first-order valence-corrected chi connectivity index (χ1v) is 7.55. The third kappa shape index (κ3) is 3.25. The fourth-order valence-corrected chi connectivity index (χ4v) is 3.40. The van der Waals surface area contributed by atoms with Crippen molar-refractivity contribution in [2.24, 2.45) is 10.7 Å². The van der Waals surface area contributed by atoms with Crippen LogP contribution in [0, 0.1) is 0 Å². The molecule has 1 aliphatic rings. The summed E-state index contributed by atoms with van der Waals surface area (Å²) >= 11 is 1.54. The lowest BCUT2D eigenvalue weighted by Gasteiger charge is -2.23. The topological polar surface area (TPSA) is 67.5 Å². The Morgan fingerprint density at radius 3 is 2.62 bits per heavy atom. The number of aliphatic imine (C=N–C) groups is 1. The van der Waals surface area contributed by atoms with E-state index < -0.39 is 0 Å². The predicted molar refractivity (Wildman–Crippen MR) is 87.7 cm³/mol. The number of nitrogens with zero attached hydrogens (tertiary/aromatic N) is 1. The monoisotopic (exact) mass is 297 g/mol. The number of carbonyl (C=O) groups is 1. The van der Waals surface area contributed by atoms with Crippen molar-refractivity contribution in [2.75, 3.05) is 5.32 Å². The van der Waals surface area contributed by atoms with E-state index in [0.29, 0.717) is 6.42 Å². The molecule has 21 heavy (non-hydrogen) atoms. The second-order valence-electron chi connectivity index (χ2n) is 4.74. The molecule has 1 heterocycles. The Bertz CT molecular complexity index is 685. The SMILES string of the molecule is NC(=O)CC1SC(Nc2ccccc2)=Nc2ccccc21. The standard InChI is InChI=1S/C16H15N3OS/c17-15(20)10-14-12-8-4-5-9-13(12)19-16(21-14)18-11-6-2-1-3-7-11/h1-9,14H,10H2,(H2,17,20)(H,18,19). The summed E-state index contributed by atoms with van der Waals surface area (Å²) in [7, 11) is 0. The summed E-state index contributed by atoms with van der Waals surface area (Å²) in [5.41, 5.74) is 8.28. The van der Waals surface area contributed by atoms with Gasteiger partial charge < -0.3 is 11.1 Å².